The number of halogens is 1. The van der Waals surface area contributed by atoms with E-state index < -0.39 is 24.4 Å². The van der Waals surface area contributed by atoms with Gasteiger partial charge in [-0.2, -0.15) is 0 Å². The van der Waals surface area contributed by atoms with Crippen molar-refractivity contribution in [3.05, 3.63) is 82.3 Å². The van der Waals surface area contributed by atoms with Crippen LogP contribution in [0.5, 0.6) is 11.5 Å². The van der Waals surface area contributed by atoms with E-state index in [0.29, 0.717) is 17.1 Å². The molecule has 0 unspecified atom stereocenters. The Labute approximate surface area is 231 Å². The molecule has 1 saturated heterocycles. The molecule has 7 nitrogen and oxygen atoms in total. The summed E-state index contributed by atoms with van der Waals surface area (Å²) in [6.45, 7) is 8.17. The third kappa shape index (κ3) is 6.81. The number of nitrogens with one attached hydrogen (secondary N) is 1. The standard InChI is InChI=1S/C30H31BrN2O5/c1-19-15-22(7-14-26(19)31)32-27(34)18-37-29(36)20-16-28(35)33(17-20)23-8-12-25(13-9-23)38-24-10-5-21(6-11-24)30(2,3)4/h5-15,20H,16-18H2,1-4H3,(H,32,34)/t20-/m0/s1. The Balaban J connectivity index is 1.29. The van der Waals surface area contributed by atoms with Crippen molar-refractivity contribution in [2.24, 2.45) is 5.92 Å². The molecule has 0 bridgehead atoms. The summed E-state index contributed by atoms with van der Waals surface area (Å²) in [4.78, 5) is 38.9. The van der Waals surface area contributed by atoms with Crippen molar-refractivity contribution in [3.8, 4) is 11.5 Å². The van der Waals surface area contributed by atoms with Crippen molar-refractivity contribution in [1.29, 1.82) is 0 Å². The minimum Gasteiger partial charge on any atom is -0.457 e. The van der Waals surface area contributed by atoms with Crippen LogP contribution < -0.4 is 15.0 Å². The van der Waals surface area contributed by atoms with Gasteiger partial charge in [0, 0.05) is 28.8 Å². The number of amides is 2. The third-order valence-corrected chi connectivity index (χ3v) is 7.24. The van der Waals surface area contributed by atoms with Crippen LogP contribution in [-0.4, -0.2) is 30.9 Å². The number of anilines is 2. The molecule has 1 heterocycles. The van der Waals surface area contributed by atoms with Gasteiger partial charge in [-0.05, 0) is 78.1 Å². The highest BCUT2D eigenvalue weighted by Gasteiger charge is 2.36. The zero-order valence-corrected chi connectivity index (χ0v) is 23.5. The van der Waals surface area contributed by atoms with Crippen molar-refractivity contribution < 1.29 is 23.9 Å². The van der Waals surface area contributed by atoms with E-state index in [-0.39, 0.29) is 24.3 Å². The molecule has 0 aliphatic carbocycles. The van der Waals surface area contributed by atoms with Crippen molar-refractivity contribution >= 4 is 45.1 Å². The molecule has 0 spiro atoms. The average molecular weight is 579 g/mol. The molecule has 0 saturated carbocycles. The highest BCUT2D eigenvalue weighted by molar-refractivity contribution is 9.10. The molecular weight excluding hydrogens is 548 g/mol. The van der Waals surface area contributed by atoms with Gasteiger partial charge in [-0.25, -0.2) is 0 Å². The maximum atomic E-state index is 12.6. The normalized spacial score (nSPS) is 15.3. The van der Waals surface area contributed by atoms with Gasteiger partial charge in [-0.15, -0.1) is 0 Å². The second-order valence-corrected chi connectivity index (χ2v) is 11.2. The van der Waals surface area contributed by atoms with Gasteiger partial charge >= 0.3 is 5.97 Å². The second-order valence-electron chi connectivity index (χ2n) is 10.4. The van der Waals surface area contributed by atoms with Crippen LogP contribution in [0, 0.1) is 12.8 Å². The molecule has 8 heteroatoms. The number of nitrogens with zero attached hydrogens (tertiary/aromatic N) is 1. The van der Waals surface area contributed by atoms with Crippen LogP contribution in [0.4, 0.5) is 11.4 Å². The third-order valence-electron chi connectivity index (χ3n) is 6.35. The van der Waals surface area contributed by atoms with Crippen LogP contribution >= 0.6 is 15.9 Å². The van der Waals surface area contributed by atoms with Gasteiger partial charge in [0.05, 0.1) is 5.92 Å². The number of aryl methyl sites for hydroxylation is 1. The molecule has 1 N–H and O–H groups in total. The molecule has 1 aliphatic heterocycles. The topological polar surface area (TPSA) is 84.9 Å². The van der Waals surface area contributed by atoms with Crippen molar-refractivity contribution in [2.45, 2.75) is 39.5 Å². The minimum atomic E-state index is -0.637. The summed E-state index contributed by atoms with van der Waals surface area (Å²) in [5.74, 6) is -0.445. The Bertz CT molecular complexity index is 1330. The summed E-state index contributed by atoms with van der Waals surface area (Å²) in [5, 5.41) is 2.70. The second kappa shape index (κ2) is 11.4. The fraction of sp³-hybridized carbons (Fsp3) is 0.300. The maximum absolute atomic E-state index is 12.6. The predicted molar refractivity (Wildman–Crippen MR) is 151 cm³/mol. The van der Waals surface area contributed by atoms with E-state index in [9.17, 15) is 14.4 Å². The summed E-state index contributed by atoms with van der Waals surface area (Å²) in [6.07, 6.45) is 0.0325. The van der Waals surface area contributed by atoms with E-state index in [4.69, 9.17) is 9.47 Å². The summed E-state index contributed by atoms with van der Waals surface area (Å²) in [5.41, 5.74) is 3.55. The van der Waals surface area contributed by atoms with E-state index in [1.165, 1.54) is 5.56 Å². The number of hydrogen-bond acceptors (Lipinski definition) is 5. The molecule has 198 valence electrons. The first kappa shape index (κ1) is 27.4. The smallest absolute Gasteiger partial charge is 0.311 e. The number of esters is 1. The summed E-state index contributed by atoms with van der Waals surface area (Å²) >= 11 is 3.41. The summed E-state index contributed by atoms with van der Waals surface area (Å²) in [6, 6.07) is 20.5. The first-order valence-electron chi connectivity index (χ1n) is 12.4. The van der Waals surface area contributed by atoms with Crippen LogP contribution in [0.3, 0.4) is 0 Å². The Morgan fingerprint density at radius 2 is 1.63 bits per heavy atom. The quantitative estimate of drug-likeness (QED) is 0.329. The van der Waals surface area contributed by atoms with Gasteiger partial charge in [0.2, 0.25) is 5.91 Å². The van der Waals surface area contributed by atoms with Gasteiger partial charge < -0.3 is 19.7 Å². The lowest BCUT2D eigenvalue weighted by Crippen LogP contribution is -2.28. The lowest BCUT2D eigenvalue weighted by Gasteiger charge is -2.19. The monoisotopic (exact) mass is 578 g/mol. The molecule has 0 radical (unpaired) electrons. The van der Waals surface area contributed by atoms with Gasteiger partial charge in [-0.3, -0.25) is 14.4 Å². The fourth-order valence-electron chi connectivity index (χ4n) is 4.14. The fourth-order valence-corrected chi connectivity index (χ4v) is 4.39. The number of hydrogen-bond donors (Lipinski definition) is 1. The molecule has 0 aromatic heterocycles. The number of rotatable bonds is 7. The first-order chi connectivity index (χ1) is 18.0. The Hall–Kier alpha value is -3.65. The number of benzene rings is 3. The predicted octanol–water partition coefficient (Wildman–Crippen LogP) is 6.38. The number of carbonyl (C=O) groups is 3. The van der Waals surface area contributed by atoms with E-state index >= 15 is 0 Å². The van der Waals surface area contributed by atoms with Crippen molar-refractivity contribution in [2.75, 3.05) is 23.4 Å². The SMILES string of the molecule is Cc1cc(NC(=O)COC(=O)[C@H]2CC(=O)N(c3ccc(Oc4ccc(C(C)(C)C)cc4)cc3)C2)ccc1Br. The highest BCUT2D eigenvalue weighted by atomic mass is 79.9. The summed E-state index contributed by atoms with van der Waals surface area (Å²) in [7, 11) is 0. The van der Waals surface area contributed by atoms with Gasteiger partial charge in [-0.1, -0.05) is 48.8 Å². The van der Waals surface area contributed by atoms with Crippen LogP contribution in [0.25, 0.3) is 0 Å². The lowest BCUT2D eigenvalue weighted by atomic mass is 9.87. The Morgan fingerprint density at radius 1 is 1.00 bits per heavy atom. The molecule has 1 atom stereocenters. The largest absolute Gasteiger partial charge is 0.457 e. The van der Waals surface area contributed by atoms with Crippen LogP contribution in [0.1, 0.15) is 38.3 Å². The van der Waals surface area contributed by atoms with Gasteiger partial charge in [0.1, 0.15) is 11.5 Å². The van der Waals surface area contributed by atoms with E-state index in [0.717, 1.165) is 15.8 Å². The van der Waals surface area contributed by atoms with Gasteiger partial charge in [0.15, 0.2) is 6.61 Å². The number of carbonyl (C=O) groups excluding carboxylic acids is 3. The highest BCUT2D eigenvalue weighted by Crippen LogP contribution is 2.30. The maximum Gasteiger partial charge on any atom is 0.311 e. The number of ether oxygens (including phenoxy) is 2. The molecule has 3 aromatic rings. The van der Waals surface area contributed by atoms with Crippen LogP contribution in [-0.2, 0) is 24.5 Å². The molecule has 3 aromatic carbocycles. The zero-order chi connectivity index (χ0) is 27.4. The molecule has 1 aliphatic rings. The molecular formula is C30H31BrN2O5. The minimum absolute atomic E-state index is 0.0325. The average Bonchev–Trinajstić information content (AvgIpc) is 3.27. The van der Waals surface area contributed by atoms with Crippen molar-refractivity contribution in [3.63, 3.8) is 0 Å². The summed E-state index contributed by atoms with van der Waals surface area (Å²) < 4.78 is 12.1. The Morgan fingerprint density at radius 3 is 2.24 bits per heavy atom. The lowest BCUT2D eigenvalue weighted by molar-refractivity contribution is -0.151. The van der Waals surface area contributed by atoms with E-state index in [1.807, 2.05) is 31.2 Å². The molecule has 4 rings (SSSR count). The van der Waals surface area contributed by atoms with E-state index in [2.05, 4.69) is 54.2 Å². The Kier molecular flexibility index (Phi) is 8.21. The van der Waals surface area contributed by atoms with Crippen LogP contribution in [0.2, 0.25) is 0 Å². The van der Waals surface area contributed by atoms with Gasteiger partial charge in [0.25, 0.3) is 5.91 Å². The van der Waals surface area contributed by atoms with E-state index in [1.54, 1.807) is 35.2 Å². The molecule has 2 amide bonds. The molecule has 1 fully saturated rings. The van der Waals surface area contributed by atoms with Crippen LogP contribution in [0.15, 0.2) is 71.2 Å². The molecule has 38 heavy (non-hydrogen) atoms. The first-order valence-corrected chi connectivity index (χ1v) is 13.2. The van der Waals surface area contributed by atoms with Crippen molar-refractivity contribution in [1.82, 2.24) is 0 Å². The zero-order valence-electron chi connectivity index (χ0n) is 21.9.